The number of carboxylic acid groups (broad SMARTS) is 1. The second-order valence-corrected chi connectivity index (χ2v) is 4.92. The quantitative estimate of drug-likeness (QED) is 0.659. The molecule has 0 aliphatic carbocycles. The number of aliphatic carboxylic acids is 1. The number of rotatable bonds is 9. The molecule has 19 heavy (non-hydrogen) atoms. The molecular formula is C13H27N3O3. The molecule has 2 amide bonds. The first-order chi connectivity index (χ1) is 8.92. The second kappa shape index (κ2) is 9.61. The van der Waals surface area contributed by atoms with Crippen LogP contribution in [-0.2, 0) is 4.79 Å². The van der Waals surface area contributed by atoms with Crippen LogP contribution in [0.2, 0.25) is 0 Å². The van der Waals surface area contributed by atoms with Gasteiger partial charge in [0.25, 0.3) is 0 Å². The number of urea groups is 1. The van der Waals surface area contributed by atoms with Gasteiger partial charge >= 0.3 is 12.0 Å². The number of hydrogen-bond acceptors (Lipinski definition) is 3. The molecule has 0 saturated carbocycles. The Balaban J connectivity index is 4.27. The Labute approximate surface area is 115 Å². The van der Waals surface area contributed by atoms with E-state index in [1.165, 1.54) is 0 Å². The standard InChI is InChI=1S/C13H27N3O3/c1-5-7-16(9-8-15(3)4)13(19)14-10-11(6-2)12(17)18/h11H,5-10H2,1-4H3,(H,14,19)(H,17,18). The molecule has 0 aromatic heterocycles. The van der Waals surface area contributed by atoms with Crippen LogP contribution in [-0.4, -0.2) is 67.2 Å². The van der Waals surface area contributed by atoms with Crippen LogP contribution in [0.25, 0.3) is 0 Å². The number of nitrogens with zero attached hydrogens (tertiary/aromatic N) is 2. The van der Waals surface area contributed by atoms with Crippen molar-refractivity contribution in [3.05, 3.63) is 0 Å². The van der Waals surface area contributed by atoms with Crippen LogP contribution in [0.5, 0.6) is 0 Å². The maximum atomic E-state index is 12.0. The van der Waals surface area contributed by atoms with E-state index in [1.807, 2.05) is 25.9 Å². The third kappa shape index (κ3) is 7.66. The highest BCUT2D eigenvalue weighted by atomic mass is 16.4. The predicted octanol–water partition coefficient (Wildman–Crippen LogP) is 1.08. The highest BCUT2D eigenvalue weighted by molar-refractivity contribution is 5.76. The number of nitrogens with one attached hydrogen (secondary N) is 1. The van der Waals surface area contributed by atoms with E-state index >= 15 is 0 Å². The monoisotopic (exact) mass is 273 g/mol. The highest BCUT2D eigenvalue weighted by Gasteiger charge is 2.18. The van der Waals surface area contributed by atoms with Crippen LogP contribution in [0.3, 0.4) is 0 Å². The van der Waals surface area contributed by atoms with Gasteiger partial charge in [-0.3, -0.25) is 4.79 Å². The normalized spacial score (nSPS) is 12.3. The highest BCUT2D eigenvalue weighted by Crippen LogP contribution is 2.01. The molecule has 0 aliphatic heterocycles. The number of hydrogen-bond donors (Lipinski definition) is 2. The molecule has 0 aromatic carbocycles. The van der Waals surface area contributed by atoms with Crippen LogP contribution < -0.4 is 5.32 Å². The lowest BCUT2D eigenvalue weighted by Gasteiger charge is -2.25. The summed E-state index contributed by atoms with van der Waals surface area (Å²) in [4.78, 5) is 26.6. The Morgan fingerprint density at radius 3 is 2.21 bits per heavy atom. The first kappa shape index (κ1) is 17.7. The van der Waals surface area contributed by atoms with Gasteiger partial charge in [-0.05, 0) is 26.9 Å². The zero-order valence-electron chi connectivity index (χ0n) is 12.5. The minimum atomic E-state index is -0.863. The van der Waals surface area contributed by atoms with Crippen molar-refractivity contribution in [1.29, 1.82) is 0 Å². The summed E-state index contributed by atoms with van der Waals surface area (Å²) in [5.41, 5.74) is 0. The molecule has 0 fully saturated rings. The first-order valence-corrected chi connectivity index (χ1v) is 6.82. The van der Waals surface area contributed by atoms with E-state index < -0.39 is 11.9 Å². The Hall–Kier alpha value is -1.30. The molecule has 0 rings (SSSR count). The number of carbonyl (C=O) groups excluding carboxylic acids is 1. The zero-order valence-corrected chi connectivity index (χ0v) is 12.5. The minimum absolute atomic E-state index is 0.177. The van der Waals surface area contributed by atoms with Crippen LogP contribution >= 0.6 is 0 Å². The summed E-state index contributed by atoms with van der Waals surface area (Å²) >= 11 is 0. The molecule has 6 heteroatoms. The van der Waals surface area contributed by atoms with Gasteiger partial charge in [0.15, 0.2) is 0 Å². The predicted molar refractivity (Wildman–Crippen MR) is 75.2 cm³/mol. The number of amides is 2. The van der Waals surface area contributed by atoms with Crippen LogP contribution in [0, 0.1) is 5.92 Å². The summed E-state index contributed by atoms with van der Waals surface area (Å²) in [5, 5.41) is 11.6. The van der Waals surface area contributed by atoms with Crippen molar-refractivity contribution in [1.82, 2.24) is 15.1 Å². The van der Waals surface area contributed by atoms with Crippen molar-refractivity contribution in [2.45, 2.75) is 26.7 Å². The fraction of sp³-hybridized carbons (Fsp3) is 0.846. The summed E-state index contributed by atoms with van der Waals surface area (Å²) in [6.07, 6.45) is 1.40. The van der Waals surface area contributed by atoms with Gasteiger partial charge < -0.3 is 20.2 Å². The summed E-state index contributed by atoms with van der Waals surface area (Å²) < 4.78 is 0. The average molecular weight is 273 g/mol. The topological polar surface area (TPSA) is 72.9 Å². The average Bonchev–Trinajstić information content (AvgIpc) is 2.34. The number of carbonyl (C=O) groups is 2. The van der Waals surface area contributed by atoms with Crippen molar-refractivity contribution < 1.29 is 14.7 Å². The SMILES string of the molecule is CCCN(CCN(C)C)C(=O)NCC(CC)C(=O)O. The molecule has 0 aromatic rings. The smallest absolute Gasteiger partial charge is 0.317 e. The summed E-state index contributed by atoms with van der Waals surface area (Å²) in [6.45, 7) is 6.14. The molecule has 6 nitrogen and oxygen atoms in total. The Kier molecular flexibility index (Phi) is 8.95. The third-order valence-electron chi connectivity index (χ3n) is 2.94. The van der Waals surface area contributed by atoms with E-state index in [0.29, 0.717) is 19.5 Å². The van der Waals surface area contributed by atoms with Gasteiger partial charge in [-0.15, -0.1) is 0 Å². The zero-order chi connectivity index (χ0) is 14.8. The third-order valence-corrected chi connectivity index (χ3v) is 2.94. The largest absolute Gasteiger partial charge is 0.481 e. The molecular weight excluding hydrogens is 246 g/mol. The second-order valence-electron chi connectivity index (χ2n) is 4.92. The van der Waals surface area contributed by atoms with Gasteiger partial charge in [0.05, 0.1) is 5.92 Å². The summed E-state index contributed by atoms with van der Waals surface area (Å²) in [5.74, 6) is -1.38. The Morgan fingerprint density at radius 1 is 1.16 bits per heavy atom. The number of likely N-dealkylation sites (N-methyl/N-ethyl adjacent to an activating group) is 1. The molecule has 1 atom stereocenters. The summed E-state index contributed by atoms with van der Waals surface area (Å²) in [6, 6.07) is -0.177. The van der Waals surface area contributed by atoms with Gasteiger partial charge in [-0.1, -0.05) is 13.8 Å². The number of carboxylic acids is 1. The van der Waals surface area contributed by atoms with Gasteiger partial charge in [-0.25, -0.2) is 4.79 Å². The summed E-state index contributed by atoms with van der Waals surface area (Å²) in [7, 11) is 3.92. The lowest BCUT2D eigenvalue weighted by molar-refractivity contribution is -0.141. The van der Waals surface area contributed by atoms with Gasteiger partial charge in [0, 0.05) is 26.2 Å². The maximum Gasteiger partial charge on any atom is 0.317 e. The lowest BCUT2D eigenvalue weighted by atomic mass is 10.1. The first-order valence-electron chi connectivity index (χ1n) is 6.82. The van der Waals surface area contributed by atoms with E-state index in [2.05, 4.69) is 5.32 Å². The van der Waals surface area contributed by atoms with Crippen molar-refractivity contribution in [2.24, 2.45) is 5.92 Å². The fourth-order valence-electron chi connectivity index (χ4n) is 1.63. The van der Waals surface area contributed by atoms with E-state index in [-0.39, 0.29) is 12.6 Å². The van der Waals surface area contributed by atoms with Crippen LogP contribution in [0.1, 0.15) is 26.7 Å². The van der Waals surface area contributed by atoms with E-state index in [1.54, 1.807) is 11.8 Å². The molecule has 0 radical (unpaired) electrons. The molecule has 0 bridgehead atoms. The molecule has 2 N–H and O–H groups in total. The van der Waals surface area contributed by atoms with Crippen LogP contribution in [0.4, 0.5) is 4.79 Å². The van der Waals surface area contributed by atoms with Gasteiger partial charge in [-0.2, -0.15) is 0 Å². The van der Waals surface area contributed by atoms with Crippen molar-refractivity contribution in [3.63, 3.8) is 0 Å². The molecule has 0 saturated heterocycles. The maximum absolute atomic E-state index is 12.0. The van der Waals surface area contributed by atoms with Crippen molar-refractivity contribution in [2.75, 3.05) is 40.3 Å². The van der Waals surface area contributed by atoms with Gasteiger partial charge in [0.1, 0.15) is 0 Å². The Morgan fingerprint density at radius 2 is 1.79 bits per heavy atom. The van der Waals surface area contributed by atoms with E-state index in [9.17, 15) is 9.59 Å². The van der Waals surface area contributed by atoms with E-state index in [4.69, 9.17) is 5.11 Å². The van der Waals surface area contributed by atoms with E-state index in [0.717, 1.165) is 13.0 Å². The molecule has 0 heterocycles. The van der Waals surface area contributed by atoms with Gasteiger partial charge in [0.2, 0.25) is 0 Å². The minimum Gasteiger partial charge on any atom is -0.481 e. The fourth-order valence-corrected chi connectivity index (χ4v) is 1.63. The van der Waals surface area contributed by atoms with Crippen molar-refractivity contribution in [3.8, 4) is 0 Å². The van der Waals surface area contributed by atoms with Crippen LogP contribution in [0.15, 0.2) is 0 Å². The van der Waals surface area contributed by atoms with Crippen molar-refractivity contribution >= 4 is 12.0 Å². The lowest BCUT2D eigenvalue weighted by Crippen LogP contribution is -2.45. The Bertz CT molecular complexity index is 282. The molecule has 1 unspecified atom stereocenters. The molecule has 0 spiro atoms. The molecule has 112 valence electrons. The molecule has 0 aliphatic rings.